The molecular weight excluding hydrogens is 212 g/mol. The number of aryl methyl sites for hydroxylation is 2. The van der Waals surface area contributed by atoms with Crippen LogP contribution in [0.25, 0.3) is 0 Å². The van der Waals surface area contributed by atoms with Crippen LogP contribution in [0.1, 0.15) is 28.5 Å². The third-order valence-electron chi connectivity index (χ3n) is 2.95. The summed E-state index contributed by atoms with van der Waals surface area (Å²) >= 11 is 0. The second-order valence-corrected chi connectivity index (χ2v) is 4.27. The normalized spacial score (nSPS) is 12.4. The molecule has 1 atom stereocenters. The van der Waals surface area contributed by atoms with E-state index >= 15 is 0 Å². The van der Waals surface area contributed by atoms with Crippen molar-refractivity contribution in [1.82, 2.24) is 9.97 Å². The van der Waals surface area contributed by atoms with E-state index in [1.165, 1.54) is 17.5 Å². The molecule has 0 aliphatic carbocycles. The molecule has 3 nitrogen and oxygen atoms in total. The van der Waals surface area contributed by atoms with Gasteiger partial charge in [0.05, 0.1) is 5.69 Å². The number of nitrogens with zero attached hydrogens (tertiary/aromatic N) is 2. The lowest BCUT2D eigenvalue weighted by molar-refractivity contribution is 0.173. The first-order valence-electron chi connectivity index (χ1n) is 5.67. The number of aromatic nitrogens is 2. The standard InChI is InChI=1S/C14H16N2O/c1-10-3-4-12(7-11(10)2)8-14(17)13-5-6-15-9-16-13/h3-7,9,14,17H,8H2,1-2H3. The van der Waals surface area contributed by atoms with Crippen LogP contribution in [0.4, 0.5) is 0 Å². The van der Waals surface area contributed by atoms with Gasteiger partial charge in [-0.1, -0.05) is 18.2 Å². The van der Waals surface area contributed by atoms with Gasteiger partial charge in [-0.25, -0.2) is 9.97 Å². The molecule has 0 fully saturated rings. The first-order valence-corrected chi connectivity index (χ1v) is 5.67. The highest BCUT2D eigenvalue weighted by Crippen LogP contribution is 2.17. The smallest absolute Gasteiger partial charge is 0.115 e. The molecule has 1 N–H and O–H groups in total. The van der Waals surface area contributed by atoms with Crippen LogP contribution in [0.15, 0.2) is 36.8 Å². The Hall–Kier alpha value is -1.74. The summed E-state index contributed by atoms with van der Waals surface area (Å²) in [6, 6.07) is 7.98. The fourth-order valence-corrected chi connectivity index (χ4v) is 1.76. The highest BCUT2D eigenvalue weighted by atomic mass is 16.3. The van der Waals surface area contributed by atoms with Gasteiger partial charge in [0.25, 0.3) is 0 Å². The molecule has 0 saturated heterocycles. The minimum absolute atomic E-state index is 0.569. The molecule has 0 aliphatic rings. The lowest BCUT2D eigenvalue weighted by Gasteiger charge is -2.11. The van der Waals surface area contributed by atoms with Gasteiger partial charge in [0, 0.05) is 12.6 Å². The van der Waals surface area contributed by atoms with Gasteiger partial charge in [-0.2, -0.15) is 0 Å². The summed E-state index contributed by atoms with van der Waals surface area (Å²) in [5.74, 6) is 0. The third-order valence-corrected chi connectivity index (χ3v) is 2.95. The number of aliphatic hydroxyl groups is 1. The Morgan fingerprint density at radius 1 is 1.18 bits per heavy atom. The second-order valence-electron chi connectivity index (χ2n) is 4.27. The summed E-state index contributed by atoms with van der Waals surface area (Å²) < 4.78 is 0. The number of rotatable bonds is 3. The molecule has 3 heteroatoms. The van der Waals surface area contributed by atoms with E-state index < -0.39 is 6.10 Å². The summed E-state index contributed by atoms with van der Waals surface area (Å²) in [5, 5.41) is 10.0. The zero-order valence-corrected chi connectivity index (χ0v) is 10.1. The van der Waals surface area contributed by atoms with E-state index in [9.17, 15) is 5.11 Å². The highest BCUT2D eigenvalue weighted by Gasteiger charge is 2.09. The van der Waals surface area contributed by atoms with Gasteiger partial charge >= 0.3 is 0 Å². The maximum absolute atomic E-state index is 10.0. The van der Waals surface area contributed by atoms with Gasteiger partial charge < -0.3 is 5.11 Å². The lowest BCUT2D eigenvalue weighted by Crippen LogP contribution is -2.04. The number of hydrogen-bond acceptors (Lipinski definition) is 3. The Bertz CT molecular complexity index is 497. The molecule has 0 bridgehead atoms. The van der Waals surface area contributed by atoms with E-state index in [0.717, 1.165) is 5.56 Å². The van der Waals surface area contributed by atoms with Crippen LogP contribution in [0.2, 0.25) is 0 Å². The van der Waals surface area contributed by atoms with Crippen LogP contribution < -0.4 is 0 Å². The largest absolute Gasteiger partial charge is 0.386 e. The molecule has 2 aromatic rings. The van der Waals surface area contributed by atoms with Crippen molar-refractivity contribution in [3.05, 3.63) is 59.2 Å². The molecule has 2 rings (SSSR count). The molecule has 0 radical (unpaired) electrons. The average Bonchev–Trinajstić information content (AvgIpc) is 2.35. The van der Waals surface area contributed by atoms with Crippen molar-refractivity contribution in [3.63, 3.8) is 0 Å². The predicted octanol–water partition coefficient (Wildman–Crippen LogP) is 2.37. The zero-order valence-electron chi connectivity index (χ0n) is 10.1. The number of hydrogen-bond donors (Lipinski definition) is 1. The summed E-state index contributed by atoms with van der Waals surface area (Å²) in [6.07, 6.45) is 3.11. The van der Waals surface area contributed by atoms with Gasteiger partial charge in [0.15, 0.2) is 0 Å². The van der Waals surface area contributed by atoms with Gasteiger partial charge in [0.1, 0.15) is 12.4 Å². The Kier molecular flexibility index (Phi) is 3.49. The van der Waals surface area contributed by atoms with E-state index in [1.807, 2.05) is 6.07 Å². The summed E-state index contributed by atoms with van der Waals surface area (Å²) in [5.41, 5.74) is 4.31. The van der Waals surface area contributed by atoms with Crippen molar-refractivity contribution in [3.8, 4) is 0 Å². The Morgan fingerprint density at radius 3 is 2.65 bits per heavy atom. The number of aliphatic hydroxyl groups excluding tert-OH is 1. The van der Waals surface area contributed by atoms with Crippen LogP contribution in [-0.4, -0.2) is 15.1 Å². The molecule has 1 aromatic carbocycles. The minimum atomic E-state index is -0.569. The maximum atomic E-state index is 10.0. The average molecular weight is 228 g/mol. The first kappa shape index (κ1) is 11.7. The fourth-order valence-electron chi connectivity index (χ4n) is 1.76. The topological polar surface area (TPSA) is 46.0 Å². The van der Waals surface area contributed by atoms with E-state index in [4.69, 9.17) is 0 Å². The summed E-state index contributed by atoms with van der Waals surface area (Å²) in [6.45, 7) is 4.16. The van der Waals surface area contributed by atoms with Gasteiger partial charge in [-0.3, -0.25) is 0 Å². The van der Waals surface area contributed by atoms with Crippen LogP contribution in [0.5, 0.6) is 0 Å². The fraction of sp³-hybridized carbons (Fsp3) is 0.286. The molecule has 0 saturated carbocycles. The quantitative estimate of drug-likeness (QED) is 0.877. The van der Waals surface area contributed by atoms with Crippen molar-refractivity contribution in [1.29, 1.82) is 0 Å². The van der Waals surface area contributed by atoms with Crippen LogP contribution in [0.3, 0.4) is 0 Å². The van der Waals surface area contributed by atoms with Crippen molar-refractivity contribution in [2.75, 3.05) is 0 Å². The minimum Gasteiger partial charge on any atom is -0.386 e. The first-order chi connectivity index (χ1) is 8.16. The molecule has 0 aliphatic heterocycles. The number of benzene rings is 1. The van der Waals surface area contributed by atoms with Crippen LogP contribution in [-0.2, 0) is 6.42 Å². The SMILES string of the molecule is Cc1ccc(CC(O)c2ccncn2)cc1C. The molecular formula is C14H16N2O. The molecule has 1 aromatic heterocycles. The van der Waals surface area contributed by atoms with Gasteiger partial charge in [-0.15, -0.1) is 0 Å². The van der Waals surface area contributed by atoms with E-state index in [2.05, 4.69) is 35.9 Å². The van der Waals surface area contributed by atoms with E-state index in [-0.39, 0.29) is 0 Å². The van der Waals surface area contributed by atoms with Crippen molar-refractivity contribution >= 4 is 0 Å². The molecule has 0 amide bonds. The van der Waals surface area contributed by atoms with Crippen molar-refractivity contribution in [2.45, 2.75) is 26.4 Å². The predicted molar refractivity (Wildman–Crippen MR) is 66.6 cm³/mol. The summed E-state index contributed by atoms with van der Waals surface area (Å²) in [4.78, 5) is 7.89. The van der Waals surface area contributed by atoms with Gasteiger partial charge in [0.2, 0.25) is 0 Å². The second kappa shape index (κ2) is 5.06. The van der Waals surface area contributed by atoms with Crippen LogP contribution >= 0.6 is 0 Å². The Labute approximate surface area is 101 Å². The maximum Gasteiger partial charge on any atom is 0.115 e. The highest BCUT2D eigenvalue weighted by molar-refractivity contribution is 5.30. The van der Waals surface area contributed by atoms with Crippen molar-refractivity contribution in [2.24, 2.45) is 0 Å². The lowest BCUT2D eigenvalue weighted by atomic mass is 10.0. The Morgan fingerprint density at radius 2 is 2.00 bits per heavy atom. The molecule has 88 valence electrons. The Balaban J connectivity index is 2.13. The molecule has 17 heavy (non-hydrogen) atoms. The summed E-state index contributed by atoms with van der Waals surface area (Å²) in [7, 11) is 0. The zero-order chi connectivity index (χ0) is 12.3. The van der Waals surface area contributed by atoms with E-state index in [0.29, 0.717) is 12.1 Å². The monoisotopic (exact) mass is 228 g/mol. The third kappa shape index (κ3) is 2.88. The van der Waals surface area contributed by atoms with Crippen molar-refractivity contribution < 1.29 is 5.11 Å². The molecule has 1 heterocycles. The molecule has 0 spiro atoms. The van der Waals surface area contributed by atoms with E-state index in [1.54, 1.807) is 12.3 Å². The molecule has 1 unspecified atom stereocenters. The van der Waals surface area contributed by atoms with Gasteiger partial charge in [-0.05, 0) is 36.6 Å². The van der Waals surface area contributed by atoms with Crippen LogP contribution in [0, 0.1) is 13.8 Å².